The first-order chi connectivity index (χ1) is 8.71. The monoisotopic (exact) mass is 286 g/mol. The van der Waals surface area contributed by atoms with Gasteiger partial charge in [-0.25, -0.2) is 8.42 Å². The van der Waals surface area contributed by atoms with Crippen LogP contribution in [0.2, 0.25) is 0 Å². The number of hydrogen-bond acceptors (Lipinski definition) is 4. The van der Waals surface area contributed by atoms with E-state index in [0.29, 0.717) is 30.2 Å². The molecule has 108 valence electrons. The van der Waals surface area contributed by atoms with E-state index in [1.807, 2.05) is 0 Å². The molecule has 1 aromatic rings. The number of aryl methyl sites for hydroxylation is 2. The molecular weight excluding hydrogens is 264 g/mol. The Bertz CT molecular complexity index is 573. The smallest absolute Gasteiger partial charge is 0.246 e. The van der Waals surface area contributed by atoms with E-state index in [0.717, 1.165) is 5.57 Å². The average molecular weight is 286 g/mol. The quantitative estimate of drug-likeness (QED) is 0.810. The summed E-state index contributed by atoms with van der Waals surface area (Å²) in [5.41, 5.74) is 1.48. The van der Waals surface area contributed by atoms with Crippen LogP contribution in [0, 0.1) is 13.8 Å². The number of nitrogens with one attached hydrogen (secondary N) is 1. The molecule has 0 unspecified atom stereocenters. The Hall–Kier alpha value is -1.11. The SMILES string of the molecule is C=C(C)CN(C)S(=O)(=O)c1c(C)oc(C)c1CNC. The fourth-order valence-corrected chi connectivity index (χ4v) is 3.68. The van der Waals surface area contributed by atoms with E-state index in [2.05, 4.69) is 11.9 Å². The van der Waals surface area contributed by atoms with Gasteiger partial charge in [0.05, 0.1) is 0 Å². The summed E-state index contributed by atoms with van der Waals surface area (Å²) >= 11 is 0. The highest BCUT2D eigenvalue weighted by Crippen LogP contribution is 2.28. The van der Waals surface area contributed by atoms with E-state index in [1.165, 1.54) is 4.31 Å². The summed E-state index contributed by atoms with van der Waals surface area (Å²) in [4.78, 5) is 0.267. The number of sulfonamides is 1. The molecule has 0 spiro atoms. The third-order valence-electron chi connectivity index (χ3n) is 2.84. The molecule has 0 radical (unpaired) electrons. The van der Waals surface area contributed by atoms with Crippen molar-refractivity contribution in [1.82, 2.24) is 9.62 Å². The van der Waals surface area contributed by atoms with Crippen LogP contribution in [0.25, 0.3) is 0 Å². The van der Waals surface area contributed by atoms with E-state index in [4.69, 9.17) is 4.42 Å². The molecule has 0 aromatic carbocycles. The molecule has 1 aromatic heterocycles. The Morgan fingerprint density at radius 3 is 2.42 bits per heavy atom. The van der Waals surface area contributed by atoms with Crippen molar-refractivity contribution in [3.8, 4) is 0 Å². The van der Waals surface area contributed by atoms with E-state index < -0.39 is 10.0 Å². The first-order valence-corrected chi connectivity index (χ1v) is 7.50. The number of likely N-dealkylation sites (N-methyl/N-ethyl adjacent to an activating group) is 1. The van der Waals surface area contributed by atoms with E-state index in [1.54, 1.807) is 34.9 Å². The van der Waals surface area contributed by atoms with Gasteiger partial charge in [0.15, 0.2) is 0 Å². The van der Waals surface area contributed by atoms with E-state index in [-0.39, 0.29) is 4.90 Å². The highest BCUT2D eigenvalue weighted by Gasteiger charge is 2.29. The second-order valence-corrected chi connectivity index (χ2v) is 6.75. The minimum Gasteiger partial charge on any atom is -0.465 e. The van der Waals surface area contributed by atoms with Crippen molar-refractivity contribution in [3.05, 3.63) is 29.2 Å². The third-order valence-corrected chi connectivity index (χ3v) is 4.84. The lowest BCUT2D eigenvalue weighted by molar-refractivity contribution is 0.478. The highest BCUT2D eigenvalue weighted by molar-refractivity contribution is 7.89. The molecule has 1 rings (SSSR count). The Morgan fingerprint density at radius 2 is 1.95 bits per heavy atom. The van der Waals surface area contributed by atoms with Crippen LogP contribution in [-0.2, 0) is 16.6 Å². The van der Waals surface area contributed by atoms with Crippen molar-refractivity contribution in [3.63, 3.8) is 0 Å². The Kier molecular flexibility index (Phi) is 4.95. The molecule has 5 nitrogen and oxygen atoms in total. The number of nitrogens with zero attached hydrogens (tertiary/aromatic N) is 1. The van der Waals surface area contributed by atoms with Crippen LogP contribution < -0.4 is 5.32 Å². The van der Waals surface area contributed by atoms with Gasteiger partial charge in [0.25, 0.3) is 0 Å². The van der Waals surface area contributed by atoms with E-state index >= 15 is 0 Å². The summed E-state index contributed by atoms with van der Waals surface area (Å²) in [6, 6.07) is 0. The maximum atomic E-state index is 12.6. The van der Waals surface area contributed by atoms with Crippen LogP contribution >= 0.6 is 0 Å². The molecule has 19 heavy (non-hydrogen) atoms. The van der Waals surface area contributed by atoms with Gasteiger partial charge in [0.2, 0.25) is 10.0 Å². The lowest BCUT2D eigenvalue weighted by Crippen LogP contribution is -2.29. The summed E-state index contributed by atoms with van der Waals surface area (Å²) in [5.74, 6) is 1.06. The molecule has 0 amide bonds. The zero-order valence-electron chi connectivity index (χ0n) is 12.2. The normalized spacial score (nSPS) is 12.1. The molecular formula is C13H22N2O3S. The standard InChI is InChI=1S/C13H22N2O3S/c1-9(2)8-15(6)19(16,17)13-11(4)18-10(3)12(13)7-14-5/h14H,1,7-8H2,2-6H3. The largest absolute Gasteiger partial charge is 0.465 e. The minimum atomic E-state index is -3.56. The molecule has 0 saturated carbocycles. The van der Waals surface area contributed by atoms with Crippen LogP contribution in [0.5, 0.6) is 0 Å². The molecule has 0 bridgehead atoms. The van der Waals surface area contributed by atoms with Crippen molar-refractivity contribution >= 4 is 10.0 Å². The predicted molar refractivity (Wildman–Crippen MR) is 75.6 cm³/mol. The average Bonchev–Trinajstić information content (AvgIpc) is 2.53. The maximum absolute atomic E-state index is 12.6. The molecule has 0 aliphatic rings. The summed E-state index contributed by atoms with van der Waals surface area (Å²) < 4.78 is 32.0. The fourth-order valence-electron chi connectivity index (χ4n) is 2.05. The topological polar surface area (TPSA) is 62.6 Å². The Balaban J connectivity index is 3.31. The number of hydrogen-bond donors (Lipinski definition) is 1. The first-order valence-electron chi connectivity index (χ1n) is 6.06. The van der Waals surface area contributed by atoms with Gasteiger partial charge < -0.3 is 9.73 Å². The molecule has 6 heteroatoms. The van der Waals surface area contributed by atoms with Gasteiger partial charge in [-0.05, 0) is 27.8 Å². The van der Waals surface area contributed by atoms with Crippen molar-refractivity contribution in [2.24, 2.45) is 0 Å². The predicted octanol–water partition coefficient (Wildman–Crippen LogP) is 1.81. The van der Waals surface area contributed by atoms with Gasteiger partial charge in [0, 0.05) is 25.7 Å². The maximum Gasteiger partial charge on any atom is 0.246 e. The van der Waals surface area contributed by atoms with Gasteiger partial charge in [0.1, 0.15) is 16.4 Å². The molecule has 0 aliphatic heterocycles. The number of rotatable bonds is 6. The summed E-state index contributed by atoms with van der Waals surface area (Å²) in [6.45, 7) is 9.75. The van der Waals surface area contributed by atoms with Gasteiger partial charge in [-0.2, -0.15) is 4.31 Å². The lowest BCUT2D eigenvalue weighted by Gasteiger charge is -2.17. The van der Waals surface area contributed by atoms with Gasteiger partial charge in [-0.1, -0.05) is 12.2 Å². The van der Waals surface area contributed by atoms with Crippen LogP contribution in [0.3, 0.4) is 0 Å². The van der Waals surface area contributed by atoms with Gasteiger partial charge in [-0.3, -0.25) is 0 Å². The summed E-state index contributed by atoms with van der Waals surface area (Å²) in [5, 5.41) is 2.97. The minimum absolute atomic E-state index is 0.267. The van der Waals surface area contributed by atoms with Gasteiger partial charge in [-0.15, -0.1) is 0 Å². The van der Waals surface area contributed by atoms with Gasteiger partial charge >= 0.3 is 0 Å². The molecule has 0 aliphatic carbocycles. The second kappa shape index (κ2) is 5.90. The van der Waals surface area contributed by atoms with Crippen molar-refractivity contribution in [2.75, 3.05) is 20.6 Å². The second-order valence-electron chi connectivity index (χ2n) is 4.77. The first kappa shape index (κ1) is 15.9. The van der Waals surface area contributed by atoms with Crippen molar-refractivity contribution in [2.45, 2.75) is 32.2 Å². The number of furan rings is 1. The lowest BCUT2D eigenvalue weighted by atomic mass is 10.2. The van der Waals surface area contributed by atoms with Crippen LogP contribution in [0.15, 0.2) is 21.5 Å². The van der Waals surface area contributed by atoms with Crippen molar-refractivity contribution in [1.29, 1.82) is 0 Å². The van der Waals surface area contributed by atoms with Crippen LogP contribution in [-0.4, -0.2) is 33.4 Å². The zero-order chi connectivity index (χ0) is 14.8. The van der Waals surface area contributed by atoms with Crippen LogP contribution in [0.1, 0.15) is 24.0 Å². The summed E-state index contributed by atoms with van der Waals surface area (Å²) in [7, 11) is -0.234. The Labute approximate surface area is 115 Å². The third kappa shape index (κ3) is 3.26. The zero-order valence-corrected chi connectivity index (χ0v) is 13.0. The van der Waals surface area contributed by atoms with Crippen molar-refractivity contribution < 1.29 is 12.8 Å². The van der Waals surface area contributed by atoms with Crippen LogP contribution in [0.4, 0.5) is 0 Å². The molecule has 0 fully saturated rings. The highest BCUT2D eigenvalue weighted by atomic mass is 32.2. The molecule has 0 saturated heterocycles. The summed E-state index contributed by atoms with van der Waals surface area (Å²) in [6.07, 6.45) is 0. The molecule has 1 heterocycles. The Morgan fingerprint density at radius 1 is 1.37 bits per heavy atom. The van der Waals surface area contributed by atoms with E-state index in [9.17, 15) is 8.42 Å². The fraction of sp³-hybridized carbons (Fsp3) is 0.538. The molecule has 1 N–H and O–H groups in total. The molecule has 0 atom stereocenters.